The van der Waals surface area contributed by atoms with Crippen LogP contribution >= 0.6 is 0 Å². The Kier molecular flexibility index (Phi) is 6.65. The third kappa shape index (κ3) is 4.87. The lowest BCUT2D eigenvalue weighted by Crippen LogP contribution is -2.62. The summed E-state index contributed by atoms with van der Waals surface area (Å²) in [5.74, 6) is 0.148. The number of benzene rings is 1. The normalized spacial score (nSPS) is 19.1. The number of hydrogen-bond donors (Lipinski definition) is 2. The fourth-order valence-electron chi connectivity index (χ4n) is 4.12. The minimum atomic E-state index is -3.22. The SMILES string of the molecule is CCCCCCCCS(=O)(=O)N1CCC2(CC1)NC(=O)c1cc(C)ccc1N2. The van der Waals surface area contributed by atoms with Crippen molar-refractivity contribution < 1.29 is 13.2 Å². The molecule has 1 saturated heterocycles. The fraction of sp³-hybridized carbons (Fsp3) is 0.667. The summed E-state index contributed by atoms with van der Waals surface area (Å²) in [6.07, 6.45) is 7.57. The Hall–Kier alpha value is -1.60. The first-order valence-corrected chi connectivity index (χ1v) is 12.2. The van der Waals surface area contributed by atoms with E-state index in [1.165, 1.54) is 19.3 Å². The second-order valence-corrected chi connectivity index (χ2v) is 10.3. The minimum Gasteiger partial charge on any atom is -0.362 e. The molecule has 0 aliphatic carbocycles. The highest BCUT2D eigenvalue weighted by molar-refractivity contribution is 7.89. The smallest absolute Gasteiger partial charge is 0.255 e. The Morgan fingerprint density at radius 1 is 1.04 bits per heavy atom. The van der Waals surface area contributed by atoms with Crippen molar-refractivity contribution in [2.24, 2.45) is 0 Å². The molecule has 3 rings (SSSR count). The van der Waals surface area contributed by atoms with Gasteiger partial charge in [0.15, 0.2) is 0 Å². The van der Waals surface area contributed by atoms with Gasteiger partial charge in [0.1, 0.15) is 5.66 Å². The molecule has 1 amide bonds. The molecule has 0 atom stereocenters. The number of fused-ring (bicyclic) bond motifs is 1. The van der Waals surface area contributed by atoms with Crippen molar-refractivity contribution in [3.63, 3.8) is 0 Å². The molecule has 2 N–H and O–H groups in total. The van der Waals surface area contributed by atoms with Gasteiger partial charge in [-0.15, -0.1) is 0 Å². The van der Waals surface area contributed by atoms with Crippen molar-refractivity contribution >= 4 is 21.6 Å². The quantitative estimate of drug-likeness (QED) is 0.645. The van der Waals surface area contributed by atoms with Crippen molar-refractivity contribution in [3.05, 3.63) is 29.3 Å². The predicted molar refractivity (Wildman–Crippen MR) is 113 cm³/mol. The molecule has 0 bridgehead atoms. The van der Waals surface area contributed by atoms with Gasteiger partial charge in [-0.05, 0) is 25.5 Å². The van der Waals surface area contributed by atoms with Crippen LogP contribution in [0.15, 0.2) is 18.2 Å². The fourth-order valence-corrected chi connectivity index (χ4v) is 5.68. The minimum absolute atomic E-state index is 0.0826. The largest absolute Gasteiger partial charge is 0.362 e. The molecule has 0 radical (unpaired) electrons. The maximum atomic E-state index is 12.7. The van der Waals surface area contributed by atoms with Crippen LogP contribution in [-0.2, 0) is 10.0 Å². The molecule has 156 valence electrons. The number of sulfonamides is 1. The highest BCUT2D eigenvalue weighted by Crippen LogP contribution is 2.32. The zero-order valence-corrected chi connectivity index (χ0v) is 17.9. The van der Waals surface area contributed by atoms with E-state index in [0.717, 1.165) is 30.5 Å². The first kappa shape index (κ1) is 21.1. The van der Waals surface area contributed by atoms with Crippen LogP contribution in [0.5, 0.6) is 0 Å². The summed E-state index contributed by atoms with van der Waals surface area (Å²) in [6.45, 7) is 5.02. The number of rotatable bonds is 8. The second-order valence-electron chi connectivity index (χ2n) is 8.19. The Labute approximate surface area is 169 Å². The Morgan fingerprint density at radius 2 is 1.71 bits per heavy atom. The lowest BCUT2D eigenvalue weighted by atomic mass is 9.93. The number of nitrogens with zero attached hydrogens (tertiary/aromatic N) is 1. The van der Waals surface area contributed by atoms with Crippen molar-refractivity contribution in [1.29, 1.82) is 0 Å². The molecule has 1 fully saturated rings. The topological polar surface area (TPSA) is 78.5 Å². The number of hydrogen-bond acceptors (Lipinski definition) is 4. The van der Waals surface area contributed by atoms with Crippen molar-refractivity contribution in [3.8, 4) is 0 Å². The van der Waals surface area contributed by atoms with E-state index in [9.17, 15) is 13.2 Å². The van der Waals surface area contributed by atoms with Gasteiger partial charge in [-0.3, -0.25) is 4.79 Å². The monoisotopic (exact) mass is 407 g/mol. The first-order valence-electron chi connectivity index (χ1n) is 10.5. The molecule has 1 spiro atoms. The molecule has 2 aliphatic rings. The molecule has 2 heterocycles. The molecule has 6 nitrogen and oxygen atoms in total. The maximum absolute atomic E-state index is 12.7. The molecular weight excluding hydrogens is 374 g/mol. The van der Waals surface area contributed by atoms with E-state index in [-0.39, 0.29) is 11.7 Å². The summed E-state index contributed by atoms with van der Waals surface area (Å²) < 4.78 is 26.9. The van der Waals surface area contributed by atoms with E-state index in [2.05, 4.69) is 17.6 Å². The summed E-state index contributed by atoms with van der Waals surface area (Å²) in [6, 6.07) is 5.80. The lowest BCUT2D eigenvalue weighted by molar-refractivity contribution is 0.0865. The molecule has 1 aromatic carbocycles. The average Bonchev–Trinajstić information content (AvgIpc) is 2.66. The number of carbonyl (C=O) groups excluding carboxylic acids is 1. The number of carbonyl (C=O) groups is 1. The molecule has 7 heteroatoms. The zero-order valence-electron chi connectivity index (χ0n) is 17.1. The van der Waals surface area contributed by atoms with Crippen LogP contribution in [0.25, 0.3) is 0 Å². The van der Waals surface area contributed by atoms with Gasteiger partial charge in [-0.2, -0.15) is 0 Å². The zero-order chi connectivity index (χ0) is 20.2. The maximum Gasteiger partial charge on any atom is 0.255 e. The van der Waals surface area contributed by atoms with Crippen molar-refractivity contribution in [1.82, 2.24) is 9.62 Å². The number of aryl methyl sites for hydroxylation is 1. The van der Waals surface area contributed by atoms with Gasteiger partial charge in [0.25, 0.3) is 5.91 Å². The third-order valence-electron chi connectivity index (χ3n) is 5.87. The van der Waals surface area contributed by atoms with E-state index >= 15 is 0 Å². The van der Waals surface area contributed by atoms with Gasteiger partial charge in [-0.25, -0.2) is 12.7 Å². The van der Waals surface area contributed by atoms with Gasteiger partial charge < -0.3 is 10.6 Å². The molecule has 1 aromatic rings. The highest BCUT2D eigenvalue weighted by Gasteiger charge is 2.42. The highest BCUT2D eigenvalue weighted by atomic mass is 32.2. The van der Waals surface area contributed by atoms with Crippen LogP contribution in [0.1, 0.15) is 74.2 Å². The number of anilines is 1. The van der Waals surface area contributed by atoms with Gasteiger partial charge in [0, 0.05) is 31.6 Å². The second kappa shape index (κ2) is 8.82. The van der Waals surface area contributed by atoms with Crippen LogP contribution in [-0.4, -0.2) is 43.1 Å². The molecule has 0 saturated carbocycles. The van der Waals surface area contributed by atoms with Gasteiger partial charge in [0.05, 0.1) is 11.3 Å². The summed E-state index contributed by atoms with van der Waals surface area (Å²) >= 11 is 0. The van der Waals surface area contributed by atoms with Crippen molar-refractivity contribution in [2.75, 3.05) is 24.2 Å². The Bertz CT molecular complexity index is 799. The molecule has 0 unspecified atom stereocenters. The standard InChI is InChI=1S/C21H33N3O3S/c1-3-4-5-6-7-8-15-28(26,27)24-13-11-21(12-14-24)22-19-10-9-17(2)16-18(19)20(25)23-21/h9-10,16,22H,3-8,11-15H2,1-2H3,(H,23,25). The Morgan fingerprint density at radius 3 is 2.43 bits per heavy atom. The van der Waals surface area contributed by atoms with Crippen LogP contribution in [0.2, 0.25) is 0 Å². The van der Waals surface area contributed by atoms with Crippen LogP contribution < -0.4 is 10.6 Å². The first-order chi connectivity index (χ1) is 13.4. The number of piperidine rings is 1. The molecule has 0 aromatic heterocycles. The van der Waals surface area contributed by atoms with Crippen LogP contribution in [0.3, 0.4) is 0 Å². The summed E-state index contributed by atoms with van der Waals surface area (Å²) in [5.41, 5.74) is 1.98. The summed E-state index contributed by atoms with van der Waals surface area (Å²) in [5, 5.41) is 6.55. The van der Waals surface area contributed by atoms with Crippen LogP contribution in [0.4, 0.5) is 5.69 Å². The van der Waals surface area contributed by atoms with Gasteiger partial charge in [0.2, 0.25) is 10.0 Å². The molecule has 2 aliphatic heterocycles. The predicted octanol–water partition coefficient (Wildman–Crippen LogP) is 3.63. The number of amides is 1. The summed E-state index contributed by atoms with van der Waals surface area (Å²) in [7, 11) is -3.22. The van der Waals surface area contributed by atoms with E-state index < -0.39 is 15.7 Å². The van der Waals surface area contributed by atoms with E-state index in [0.29, 0.717) is 31.5 Å². The molecule has 28 heavy (non-hydrogen) atoms. The molecular formula is C21H33N3O3S. The average molecular weight is 408 g/mol. The Balaban J connectivity index is 1.54. The van der Waals surface area contributed by atoms with Gasteiger partial charge in [-0.1, -0.05) is 50.7 Å². The summed E-state index contributed by atoms with van der Waals surface area (Å²) in [4.78, 5) is 12.6. The van der Waals surface area contributed by atoms with E-state index in [1.54, 1.807) is 4.31 Å². The van der Waals surface area contributed by atoms with Crippen LogP contribution in [0, 0.1) is 6.92 Å². The van der Waals surface area contributed by atoms with E-state index in [1.807, 2.05) is 25.1 Å². The van der Waals surface area contributed by atoms with Crippen molar-refractivity contribution in [2.45, 2.75) is 70.9 Å². The lowest BCUT2D eigenvalue weighted by Gasteiger charge is -2.45. The van der Waals surface area contributed by atoms with Gasteiger partial charge >= 0.3 is 0 Å². The number of unbranched alkanes of at least 4 members (excludes halogenated alkanes) is 5. The third-order valence-corrected chi connectivity index (χ3v) is 7.83. The number of nitrogens with one attached hydrogen (secondary N) is 2. The van der Waals surface area contributed by atoms with E-state index in [4.69, 9.17) is 0 Å².